The lowest BCUT2D eigenvalue weighted by Crippen LogP contribution is -2.44. The molecule has 0 aliphatic rings. The predicted molar refractivity (Wildman–Crippen MR) is 235 cm³/mol. The molecule has 2 unspecified atom stereocenters. The third-order valence-electron chi connectivity index (χ3n) is 8.46. The van der Waals surface area contributed by atoms with E-state index in [2.05, 4.69) is 21.3 Å². The highest BCUT2D eigenvalue weighted by molar-refractivity contribution is 5.86. The molecule has 0 saturated heterocycles. The molecular weight excluding hydrogens is 803 g/mol. The largest absolute Gasteiger partial charge is 0.460 e. The van der Waals surface area contributed by atoms with E-state index in [-0.39, 0.29) is 81.0 Å². The fourth-order valence-electron chi connectivity index (χ4n) is 5.67. The summed E-state index contributed by atoms with van der Waals surface area (Å²) in [6, 6.07) is -2.30. The van der Waals surface area contributed by atoms with E-state index in [1.807, 2.05) is 0 Å². The molecule has 0 bridgehead atoms. The predicted octanol–water partition coefficient (Wildman–Crippen LogP) is 5.12. The molecule has 358 valence electrons. The fraction of sp³-hybridized carbons (Fsp3) is 0.822. The first-order chi connectivity index (χ1) is 28.4. The van der Waals surface area contributed by atoms with Crippen LogP contribution in [0.1, 0.15) is 186 Å². The molecule has 6 N–H and O–H groups in total. The van der Waals surface area contributed by atoms with Gasteiger partial charge >= 0.3 is 23.9 Å². The summed E-state index contributed by atoms with van der Waals surface area (Å²) in [5.74, 6) is -3.15. The molecular formula is C45H81N5O12. The van der Waals surface area contributed by atoms with E-state index < -0.39 is 58.4 Å². The molecule has 0 heterocycles. The number of ether oxygens (including phenoxy) is 4. The second-order valence-corrected chi connectivity index (χ2v) is 19.7. The third-order valence-corrected chi connectivity index (χ3v) is 8.46. The average molecular weight is 884 g/mol. The molecule has 0 spiro atoms. The Morgan fingerprint density at radius 1 is 0.403 bits per heavy atom. The van der Waals surface area contributed by atoms with Gasteiger partial charge in [0.2, 0.25) is 23.6 Å². The number of hydrogen-bond donors (Lipinski definition) is 5. The van der Waals surface area contributed by atoms with Gasteiger partial charge in [0.25, 0.3) is 0 Å². The molecule has 62 heavy (non-hydrogen) atoms. The Morgan fingerprint density at radius 3 is 1.03 bits per heavy atom. The van der Waals surface area contributed by atoms with E-state index in [0.29, 0.717) is 64.5 Å². The van der Waals surface area contributed by atoms with E-state index in [1.54, 1.807) is 83.1 Å². The molecule has 17 nitrogen and oxygen atoms in total. The van der Waals surface area contributed by atoms with E-state index in [1.165, 1.54) is 0 Å². The SMILES string of the molecule is CC(C)(C)OC(=O)CCC(NC(=O)CCCCCNC(=O)CCC(N)CCC(=O)NCCCCCC(=O)NC(CCC(=O)OC(C)(C)C)C(=O)OC(C)(C)C)C(=O)OC(C)(C)C. The van der Waals surface area contributed by atoms with Crippen LogP contribution in [0.3, 0.4) is 0 Å². The summed E-state index contributed by atoms with van der Waals surface area (Å²) in [5, 5.41) is 11.1. The number of carbonyl (C=O) groups excluding carboxylic acids is 8. The molecule has 0 aromatic rings. The smallest absolute Gasteiger partial charge is 0.329 e. The number of amides is 4. The van der Waals surface area contributed by atoms with Crippen LogP contribution in [0.4, 0.5) is 0 Å². The van der Waals surface area contributed by atoms with Gasteiger partial charge in [-0.3, -0.25) is 28.8 Å². The second-order valence-electron chi connectivity index (χ2n) is 19.7. The van der Waals surface area contributed by atoms with Crippen LogP contribution in [0.15, 0.2) is 0 Å². The van der Waals surface area contributed by atoms with E-state index >= 15 is 0 Å². The van der Waals surface area contributed by atoms with Gasteiger partial charge < -0.3 is 45.9 Å². The molecule has 0 radical (unpaired) electrons. The highest BCUT2D eigenvalue weighted by Crippen LogP contribution is 2.16. The summed E-state index contributed by atoms with van der Waals surface area (Å²) in [6.07, 6.45) is 5.32. The first-order valence-corrected chi connectivity index (χ1v) is 22.2. The number of nitrogens with one attached hydrogen (secondary N) is 4. The van der Waals surface area contributed by atoms with Crippen LogP contribution in [-0.4, -0.2) is 101 Å². The Bertz CT molecular complexity index is 1330. The van der Waals surface area contributed by atoms with Gasteiger partial charge in [0, 0.05) is 57.7 Å². The minimum atomic E-state index is -0.986. The Hall–Kier alpha value is -4.28. The molecule has 0 aromatic heterocycles. The molecule has 2 atom stereocenters. The minimum Gasteiger partial charge on any atom is -0.460 e. The maximum absolute atomic E-state index is 12.7. The first kappa shape index (κ1) is 57.7. The summed E-state index contributed by atoms with van der Waals surface area (Å²) in [6.45, 7) is 21.7. The Balaban J connectivity index is 4.34. The molecule has 0 saturated carbocycles. The van der Waals surface area contributed by atoms with Crippen molar-refractivity contribution in [2.45, 2.75) is 226 Å². The van der Waals surface area contributed by atoms with Gasteiger partial charge in [0.1, 0.15) is 34.5 Å². The molecule has 0 aromatic carbocycles. The second kappa shape index (κ2) is 28.4. The third kappa shape index (κ3) is 34.3. The van der Waals surface area contributed by atoms with Crippen molar-refractivity contribution < 1.29 is 57.3 Å². The molecule has 17 heteroatoms. The van der Waals surface area contributed by atoms with E-state index in [0.717, 1.165) is 0 Å². The van der Waals surface area contributed by atoms with Crippen LogP contribution in [0, 0.1) is 0 Å². The fourth-order valence-corrected chi connectivity index (χ4v) is 5.67. The number of nitrogens with two attached hydrogens (primary N) is 1. The summed E-state index contributed by atoms with van der Waals surface area (Å²) in [5.41, 5.74) is 3.30. The zero-order valence-electron chi connectivity index (χ0n) is 39.9. The Kier molecular flexibility index (Phi) is 26.5. The normalized spacial score (nSPS) is 13.4. The van der Waals surface area contributed by atoms with Crippen molar-refractivity contribution in [3.05, 3.63) is 0 Å². The quantitative estimate of drug-likeness (QED) is 0.0389. The summed E-state index contributed by atoms with van der Waals surface area (Å²) in [7, 11) is 0. The van der Waals surface area contributed by atoms with E-state index in [9.17, 15) is 38.4 Å². The number of carbonyl (C=O) groups is 8. The van der Waals surface area contributed by atoms with Gasteiger partial charge in [0.05, 0.1) is 0 Å². The standard InChI is InChI=1S/C45H81N5O12/c1-42(2,3)59-38(55)27-23-32(40(57)61-44(7,8)9)49-36(53)19-15-13-17-29-47-34(51)25-21-31(46)22-26-35(52)48-30-18-14-16-20-37(54)50-33(41(58)62-45(10,11)12)24-28-39(56)60-43(4,5)6/h31-33H,13-30,46H2,1-12H3,(H,47,51)(H,48,52)(H,49,53)(H,50,54). The van der Waals surface area contributed by atoms with Crippen LogP contribution in [0.25, 0.3) is 0 Å². The van der Waals surface area contributed by atoms with Gasteiger partial charge in [-0.25, -0.2) is 9.59 Å². The Labute approximate surface area is 370 Å². The van der Waals surface area contributed by atoms with E-state index in [4.69, 9.17) is 24.7 Å². The van der Waals surface area contributed by atoms with Crippen molar-refractivity contribution in [1.82, 2.24) is 21.3 Å². The minimum absolute atomic E-state index is 0.0505. The molecule has 0 aliphatic carbocycles. The maximum Gasteiger partial charge on any atom is 0.329 e. The molecule has 0 rings (SSSR count). The van der Waals surface area contributed by atoms with Crippen LogP contribution in [-0.2, 0) is 57.3 Å². The van der Waals surface area contributed by atoms with Crippen molar-refractivity contribution in [3.8, 4) is 0 Å². The van der Waals surface area contributed by atoms with Gasteiger partial charge in [0.15, 0.2) is 0 Å². The average Bonchev–Trinajstić information content (AvgIpc) is 3.09. The number of unbranched alkanes of at least 4 members (excludes halogenated alkanes) is 4. The highest BCUT2D eigenvalue weighted by Gasteiger charge is 2.30. The van der Waals surface area contributed by atoms with Crippen molar-refractivity contribution >= 4 is 47.5 Å². The van der Waals surface area contributed by atoms with Gasteiger partial charge in [-0.05, 0) is 134 Å². The lowest BCUT2D eigenvalue weighted by atomic mass is 10.1. The maximum atomic E-state index is 12.7. The van der Waals surface area contributed by atoms with Crippen molar-refractivity contribution in [2.24, 2.45) is 5.73 Å². The molecule has 4 amide bonds. The highest BCUT2D eigenvalue weighted by atomic mass is 16.6. The summed E-state index contributed by atoms with van der Waals surface area (Å²) >= 11 is 0. The summed E-state index contributed by atoms with van der Waals surface area (Å²) in [4.78, 5) is 99.8. The first-order valence-electron chi connectivity index (χ1n) is 22.2. The monoisotopic (exact) mass is 884 g/mol. The van der Waals surface area contributed by atoms with Gasteiger partial charge in [-0.2, -0.15) is 0 Å². The lowest BCUT2D eigenvalue weighted by molar-refractivity contribution is -0.161. The van der Waals surface area contributed by atoms with Crippen molar-refractivity contribution in [2.75, 3.05) is 13.1 Å². The topological polar surface area (TPSA) is 248 Å². The van der Waals surface area contributed by atoms with Gasteiger partial charge in [-0.1, -0.05) is 12.8 Å². The lowest BCUT2D eigenvalue weighted by Gasteiger charge is -2.25. The van der Waals surface area contributed by atoms with Crippen LogP contribution in [0.2, 0.25) is 0 Å². The van der Waals surface area contributed by atoms with Crippen molar-refractivity contribution in [3.63, 3.8) is 0 Å². The number of hydrogen-bond acceptors (Lipinski definition) is 13. The van der Waals surface area contributed by atoms with Crippen LogP contribution >= 0.6 is 0 Å². The van der Waals surface area contributed by atoms with Crippen LogP contribution < -0.4 is 27.0 Å². The van der Waals surface area contributed by atoms with Crippen LogP contribution in [0.5, 0.6) is 0 Å². The van der Waals surface area contributed by atoms with Gasteiger partial charge in [-0.15, -0.1) is 0 Å². The number of rotatable bonds is 28. The number of esters is 4. The zero-order valence-corrected chi connectivity index (χ0v) is 39.9. The molecule has 0 fully saturated rings. The Morgan fingerprint density at radius 2 is 0.726 bits per heavy atom. The molecule has 0 aliphatic heterocycles. The summed E-state index contributed by atoms with van der Waals surface area (Å²) < 4.78 is 21.5. The van der Waals surface area contributed by atoms with Crippen molar-refractivity contribution in [1.29, 1.82) is 0 Å². The zero-order chi connectivity index (χ0) is 47.7.